The van der Waals surface area contributed by atoms with E-state index in [1.54, 1.807) is 0 Å². The number of hydrogen-bond donors (Lipinski definition) is 0. The molecule has 12 nitrogen and oxygen atoms in total. The third-order valence-electron chi connectivity index (χ3n) is 16.3. The molecule has 17 rings (SSSR count). The predicted molar refractivity (Wildman–Crippen MR) is 337 cm³/mol. The van der Waals surface area contributed by atoms with E-state index in [1.807, 2.05) is 85.5 Å². The van der Waals surface area contributed by atoms with Crippen LogP contribution >= 0.6 is 0 Å². The molecule has 7 aromatic carbocycles. The number of benzene rings is 7. The summed E-state index contributed by atoms with van der Waals surface area (Å²) in [6.45, 7) is 4.16. The molecule has 0 aliphatic heterocycles. The first-order valence-corrected chi connectivity index (χ1v) is 28.0. The molecule has 0 N–H and O–H groups in total. The summed E-state index contributed by atoms with van der Waals surface area (Å²) < 4.78 is 9.69. The van der Waals surface area contributed by atoms with Gasteiger partial charge in [-0.1, -0.05) is 133 Å². The molecule has 0 bridgehead atoms. The highest BCUT2D eigenvalue weighted by Gasteiger charge is 2.37. The molecular formula is C72H46N12. The molecule has 0 spiro atoms. The highest BCUT2D eigenvalue weighted by Crippen LogP contribution is 2.54. The van der Waals surface area contributed by atoms with Crippen LogP contribution in [0.2, 0.25) is 0 Å². The van der Waals surface area contributed by atoms with Crippen LogP contribution in [-0.4, -0.2) is 58.1 Å². The van der Waals surface area contributed by atoms with E-state index >= 15 is 0 Å². The van der Waals surface area contributed by atoms with Gasteiger partial charge < -0.3 is 18.3 Å². The fraction of sp³-hybridized carbons (Fsp3) is 0.0278. The first-order valence-electron chi connectivity index (χ1n) is 28.0. The largest absolute Gasteiger partial charge is 0.306 e. The number of hydrogen-bond acceptors (Lipinski definition) is 8. The van der Waals surface area contributed by atoms with Gasteiger partial charge in [0.2, 0.25) is 0 Å². The van der Waals surface area contributed by atoms with Crippen molar-refractivity contribution in [3.05, 3.63) is 255 Å². The van der Waals surface area contributed by atoms with E-state index < -0.39 is 0 Å². The van der Waals surface area contributed by atoms with E-state index in [0.717, 1.165) is 150 Å². The topological polar surface area (TPSA) is 123 Å². The molecular weight excluding hydrogens is 1030 g/mol. The Morgan fingerprint density at radius 3 is 0.952 bits per heavy atom. The van der Waals surface area contributed by atoms with Gasteiger partial charge in [0.15, 0.2) is 17.5 Å². The van der Waals surface area contributed by atoms with Crippen LogP contribution in [0.25, 0.3) is 156 Å². The average Bonchev–Trinajstić information content (AvgIpc) is 1.61. The molecule has 10 aromatic heterocycles. The summed E-state index contributed by atoms with van der Waals surface area (Å²) in [6, 6.07) is 76.1. The van der Waals surface area contributed by atoms with Gasteiger partial charge in [-0.05, 0) is 104 Å². The summed E-state index contributed by atoms with van der Waals surface area (Å²) in [4.78, 5) is 43.1. The van der Waals surface area contributed by atoms with E-state index in [4.69, 9.17) is 39.9 Å². The van der Waals surface area contributed by atoms with Crippen LogP contribution in [0.15, 0.2) is 243 Å². The van der Waals surface area contributed by atoms with Gasteiger partial charge in [-0.15, -0.1) is 0 Å². The third-order valence-corrected chi connectivity index (χ3v) is 16.3. The Hall–Kier alpha value is -11.5. The molecule has 0 saturated heterocycles. The van der Waals surface area contributed by atoms with Gasteiger partial charge in [0.05, 0.1) is 94.5 Å². The lowest BCUT2D eigenvalue weighted by Crippen LogP contribution is -2.17. The standard InChI is InChI=1S/C72H46N12/c1-43-41-47(42-44(2)77-43)60-66(81-52-29-13-9-25-48(52)62-56(81)33-17-37-73-62)61(72-79-70(45-21-5-3-6-22-45)78-71(80-72)46-23-7-4-8-24-46)68(83-54-31-15-11-27-50(54)64-58(83)35-19-39-75-64)69(84-55-32-16-12-28-51(55)65-59(84)36-20-40-76-65)67(60)82-53-30-14-10-26-49(53)63-57(82)34-18-38-74-63/h3-42H,1-2H3. The average molecular weight is 1080 g/mol. The number of fused-ring (bicyclic) bond motifs is 12. The van der Waals surface area contributed by atoms with Crippen molar-refractivity contribution >= 4 is 87.7 Å². The highest BCUT2D eigenvalue weighted by atomic mass is 15.2. The van der Waals surface area contributed by atoms with Crippen molar-refractivity contribution in [2.45, 2.75) is 13.8 Å². The van der Waals surface area contributed by atoms with Crippen molar-refractivity contribution in [1.82, 2.24) is 58.1 Å². The first kappa shape index (κ1) is 47.3. The Labute approximate surface area is 480 Å². The minimum absolute atomic E-state index is 0.441. The quantitative estimate of drug-likeness (QED) is 0.147. The second-order valence-electron chi connectivity index (χ2n) is 21.2. The minimum Gasteiger partial charge on any atom is -0.306 e. The van der Waals surface area contributed by atoms with Crippen molar-refractivity contribution in [3.8, 4) is 68.0 Å². The number of rotatable bonds is 8. The van der Waals surface area contributed by atoms with Gasteiger partial charge >= 0.3 is 0 Å². The van der Waals surface area contributed by atoms with Crippen LogP contribution in [0.5, 0.6) is 0 Å². The number of aromatic nitrogens is 12. The molecule has 0 aliphatic rings. The monoisotopic (exact) mass is 1080 g/mol. The van der Waals surface area contributed by atoms with E-state index in [-0.39, 0.29) is 0 Å². The molecule has 0 fully saturated rings. The lowest BCUT2D eigenvalue weighted by atomic mass is 9.92. The zero-order chi connectivity index (χ0) is 55.6. The van der Waals surface area contributed by atoms with Crippen molar-refractivity contribution in [2.24, 2.45) is 0 Å². The summed E-state index contributed by atoms with van der Waals surface area (Å²) >= 11 is 0. The lowest BCUT2D eigenvalue weighted by molar-refractivity contribution is 1.02. The molecule has 0 aliphatic carbocycles. The third kappa shape index (κ3) is 7.00. The first-order chi connectivity index (χ1) is 41.6. The summed E-state index contributed by atoms with van der Waals surface area (Å²) in [7, 11) is 0. The predicted octanol–water partition coefficient (Wildman–Crippen LogP) is 16.5. The van der Waals surface area contributed by atoms with Crippen molar-refractivity contribution in [3.63, 3.8) is 0 Å². The SMILES string of the molecule is Cc1cc(-c2c(-n3c4ccccc4c4ncccc43)c(-c3nc(-c4ccccc4)nc(-c4ccccc4)n3)c(-n3c4ccccc4c4ncccc43)c(-n3c4ccccc4c4ncccc43)c2-n2c3ccccc3c3ncccc32)cc(C)n1. The van der Waals surface area contributed by atoms with Crippen LogP contribution in [-0.2, 0) is 0 Å². The van der Waals surface area contributed by atoms with E-state index in [0.29, 0.717) is 17.5 Å². The fourth-order valence-electron chi connectivity index (χ4n) is 13.1. The Morgan fingerprint density at radius 2 is 0.560 bits per heavy atom. The zero-order valence-corrected chi connectivity index (χ0v) is 45.5. The minimum atomic E-state index is 0.441. The summed E-state index contributed by atoms with van der Waals surface area (Å²) in [5.74, 6) is 1.47. The van der Waals surface area contributed by atoms with E-state index in [2.05, 4.69) is 190 Å². The molecule has 0 radical (unpaired) electrons. The second-order valence-corrected chi connectivity index (χ2v) is 21.2. The van der Waals surface area contributed by atoms with Crippen LogP contribution in [0.1, 0.15) is 11.4 Å². The lowest BCUT2D eigenvalue weighted by Gasteiger charge is -2.31. The number of pyridine rings is 5. The number of para-hydroxylation sites is 4. The van der Waals surface area contributed by atoms with Crippen LogP contribution < -0.4 is 0 Å². The van der Waals surface area contributed by atoms with Gasteiger partial charge in [0.1, 0.15) is 0 Å². The maximum absolute atomic E-state index is 5.84. The van der Waals surface area contributed by atoms with Crippen LogP contribution in [0, 0.1) is 13.8 Å². The molecule has 0 atom stereocenters. The summed E-state index contributed by atoms with van der Waals surface area (Å²) in [6.07, 6.45) is 7.54. The molecule has 12 heteroatoms. The maximum atomic E-state index is 5.84. The van der Waals surface area contributed by atoms with E-state index in [9.17, 15) is 0 Å². The molecule has 0 unspecified atom stereocenters. The number of aryl methyl sites for hydroxylation is 2. The summed E-state index contributed by atoms with van der Waals surface area (Å²) in [5.41, 5.74) is 20.0. The zero-order valence-electron chi connectivity index (χ0n) is 45.5. The Kier molecular flexibility index (Phi) is 10.4. The Bertz CT molecular complexity index is 5250. The Morgan fingerprint density at radius 1 is 0.250 bits per heavy atom. The highest BCUT2D eigenvalue weighted by molar-refractivity contribution is 6.17. The maximum Gasteiger partial charge on any atom is 0.168 e. The van der Waals surface area contributed by atoms with Gasteiger partial charge in [-0.3, -0.25) is 24.9 Å². The molecule has 17 aromatic rings. The van der Waals surface area contributed by atoms with Crippen LogP contribution in [0.3, 0.4) is 0 Å². The molecule has 0 saturated carbocycles. The molecule has 10 heterocycles. The van der Waals surface area contributed by atoms with Gasteiger partial charge in [-0.2, -0.15) is 0 Å². The Balaban J connectivity index is 1.27. The van der Waals surface area contributed by atoms with Gasteiger partial charge in [0, 0.05) is 74.4 Å². The second kappa shape index (κ2) is 18.5. The van der Waals surface area contributed by atoms with Crippen molar-refractivity contribution < 1.29 is 0 Å². The molecule has 84 heavy (non-hydrogen) atoms. The molecule has 394 valence electrons. The summed E-state index contributed by atoms with van der Waals surface area (Å²) in [5, 5.41) is 3.96. The van der Waals surface area contributed by atoms with Gasteiger partial charge in [0.25, 0.3) is 0 Å². The number of nitrogens with zero attached hydrogens (tertiary/aromatic N) is 12. The molecule has 0 amide bonds. The van der Waals surface area contributed by atoms with Gasteiger partial charge in [-0.25, -0.2) is 15.0 Å². The van der Waals surface area contributed by atoms with Crippen LogP contribution in [0.4, 0.5) is 0 Å². The van der Waals surface area contributed by atoms with E-state index in [1.165, 1.54) is 0 Å². The normalized spacial score (nSPS) is 11.9. The van der Waals surface area contributed by atoms with Crippen molar-refractivity contribution in [1.29, 1.82) is 0 Å². The van der Waals surface area contributed by atoms with Crippen molar-refractivity contribution in [2.75, 3.05) is 0 Å². The smallest absolute Gasteiger partial charge is 0.168 e. The fourth-order valence-corrected chi connectivity index (χ4v) is 13.1.